The van der Waals surface area contributed by atoms with E-state index in [-0.39, 0.29) is 17.2 Å². The zero-order valence-electron chi connectivity index (χ0n) is 17.5. The summed E-state index contributed by atoms with van der Waals surface area (Å²) in [7, 11) is 0. The lowest BCUT2D eigenvalue weighted by Crippen LogP contribution is -2.42. The molecule has 0 spiro atoms. The molecule has 0 fully saturated rings. The highest BCUT2D eigenvalue weighted by Crippen LogP contribution is 2.35. The van der Waals surface area contributed by atoms with Crippen molar-refractivity contribution in [3.05, 3.63) is 58.6 Å². The third-order valence-corrected chi connectivity index (χ3v) is 4.60. The molecule has 2 aromatic carbocycles. The molecule has 0 saturated carbocycles. The van der Waals surface area contributed by atoms with Crippen LogP contribution in [0.1, 0.15) is 44.2 Å². The molecule has 0 bridgehead atoms. The van der Waals surface area contributed by atoms with E-state index in [0.717, 1.165) is 12.1 Å². The van der Waals surface area contributed by atoms with E-state index < -0.39 is 35.1 Å². The Kier molecular flexibility index (Phi) is 7.81. The van der Waals surface area contributed by atoms with Crippen LogP contribution in [0.3, 0.4) is 0 Å². The van der Waals surface area contributed by atoms with Gasteiger partial charge in [0.1, 0.15) is 5.75 Å². The molecule has 2 N–H and O–H groups in total. The predicted molar refractivity (Wildman–Crippen MR) is 115 cm³/mol. The van der Waals surface area contributed by atoms with Crippen LogP contribution in [0, 0.1) is 11.8 Å². The number of carbonyl (C=O) groups excluding carboxylic acids is 1. The van der Waals surface area contributed by atoms with Crippen LogP contribution in [0.15, 0.2) is 42.5 Å². The number of alkyl halides is 3. The van der Waals surface area contributed by atoms with Crippen molar-refractivity contribution in [2.75, 3.05) is 5.32 Å². The maximum absolute atomic E-state index is 13.0. The zero-order chi connectivity index (χ0) is 24.1. The van der Waals surface area contributed by atoms with E-state index in [1.165, 1.54) is 19.9 Å². The standard InChI is InChI=1S/C23H21ClF3NO4/c1-4-5-15(10-20(29)30)14-6-8-18(9-7-14)28-21(31)22(2,3)32-19-12-16(23(25,26)27)11-17(24)13-19/h6-9,11-13,15H,10H2,1-3H3,(H,28,31)(H,29,30). The Labute approximate surface area is 188 Å². The van der Waals surface area contributed by atoms with Gasteiger partial charge in [-0.2, -0.15) is 13.2 Å². The van der Waals surface area contributed by atoms with Crippen LogP contribution in [0.2, 0.25) is 5.02 Å². The number of ether oxygens (including phenoxy) is 1. The van der Waals surface area contributed by atoms with Gasteiger partial charge in [-0.25, -0.2) is 0 Å². The molecule has 0 heterocycles. The number of nitrogens with one attached hydrogen (secondary N) is 1. The molecule has 0 aliphatic rings. The maximum Gasteiger partial charge on any atom is 0.416 e. The van der Waals surface area contributed by atoms with Crippen LogP contribution >= 0.6 is 11.6 Å². The van der Waals surface area contributed by atoms with Gasteiger partial charge in [0.15, 0.2) is 5.60 Å². The van der Waals surface area contributed by atoms with Gasteiger partial charge in [-0.15, -0.1) is 5.92 Å². The van der Waals surface area contributed by atoms with E-state index in [2.05, 4.69) is 17.2 Å². The smallest absolute Gasteiger partial charge is 0.416 e. The highest BCUT2D eigenvalue weighted by atomic mass is 35.5. The first kappa shape index (κ1) is 25.1. The topological polar surface area (TPSA) is 75.6 Å². The van der Waals surface area contributed by atoms with Crippen LogP contribution in [-0.4, -0.2) is 22.6 Å². The number of aliphatic carboxylic acids is 1. The van der Waals surface area contributed by atoms with E-state index in [1.807, 2.05) is 0 Å². The Morgan fingerprint density at radius 2 is 1.78 bits per heavy atom. The van der Waals surface area contributed by atoms with Gasteiger partial charge in [0, 0.05) is 10.7 Å². The van der Waals surface area contributed by atoms with E-state index >= 15 is 0 Å². The minimum Gasteiger partial charge on any atom is -0.481 e. The summed E-state index contributed by atoms with van der Waals surface area (Å²) >= 11 is 5.76. The first-order chi connectivity index (χ1) is 14.8. The number of carbonyl (C=O) groups is 2. The average molecular weight is 468 g/mol. The number of anilines is 1. The Morgan fingerprint density at radius 3 is 2.31 bits per heavy atom. The number of hydrogen-bond donors (Lipinski definition) is 2. The van der Waals surface area contributed by atoms with Gasteiger partial charge in [-0.1, -0.05) is 29.7 Å². The van der Waals surface area contributed by atoms with Crippen LogP contribution in [0.4, 0.5) is 18.9 Å². The summed E-state index contributed by atoms with van der Waals surface area (Å²) in [5.74, 6) is 3.25. The first-order valence-corrected chi connectivity index (χ1v) is 9.82. The molecule has 0 radical (unpaired) electrons. The number of carboxylic acids is 1. The van der Waals surface area contributed by atoms with Crippen LogP contribution in [0.5, 0.6) is 5.75 Å². The number of hydrogen-bond acceptors (Lipinski definition) is 3. The molecule has 0 saturated heterocycles. The van der Waals surface area contributed by atoms with Crippen LogP contribution in [-0.2, 0) is 15.8 Å². The number of benzene rings is 2. The van der Waals surface area contributed by atoms with Crippen molar-refractivity contribution in [1.82, 2.24) is 0 Å². The Morgan fingerprint density at radius 1 is 1.16 bits per heavy atom. The number of amides is 1. The van der Waals surface area contributed by atoms with Gasteiger partial charge in [-0.05, 0) is 56.7 Å². The SMILES string of the molecule is CC#CC(CC(=O)O)c1ccc(NC(=O)C(C)(C)Oc2cc(Cl)cc(C(F)(F)F)c2)cc1. The number of carboxylic acid groups (broad SMARTS) is 1. The van der Waals surface area contributed by atoms with Gasteiger partial charge in [-0.3, -0.25) is 9.59 Å². The van der Waals surface area contributed by atoms with Crippen molar-refractivity contribution in [1.29, 1.82) is 0 Å². The third-order valence-electron chi connectivity index (χ3n) is 4.39. The van der Waals surface area contributed by atoms with E-state index in [0.29, 0.717) is 11.3 Å². The third kappa shape index (κ3) is 6.92. The molecular formula is C23H21ClF3NO4. The lowest BCUT2D eigenvalue weighted by molar-refractivity contribution is -0.138. The van der Waals surface area contributed by atoms with Gasteiger partial charge >= 0.3 is 12.1 Å². The maximum atomic E-state index is 13.0. The second-order valence-corrected chi connectivity index (χ2v) is 7.84. The van der Waals surface area contributed by atoms with Gasteiger partial charge in [0.2, 0.25) is 0 Å². The van der Waals surface area contributed by atoms with Crippen molar-refractivity contribution in [2.24, 2.45) is 0 Å². The summed E-state index contributed by atoms with van der Waals surface area (Å²) in [6.45, 7) is 4.43. The van der Waals surface area contributed by atoms with Crippen molar-refractivity contribution in [3.63, 3.8) is 0 Å². The molecule has 1 atom stereocenters. The fourth-order valence-corrected chi connectivity index (χ4v) is 3.03. The summed E-state index contributed by atoms with van der Waals surface area (Å²) in [5.41, 5.74) is -1.44. The van der Waals surface area contributed by atoms with Crippen molar-refractivity contribution in [3.8, 4) is 17.6 Å². The molecule has 0 aliphatic heterocycles. The quantitative estimate of drug-likeness (QED) is 0.509. The van der Waals surface area contributed by atoms with Gasteiger partial charge in [0.25, 0.3) is 5.91 Å². The monoisotopic (exact) mass is 467 g/mol. The highest BCUT2D eigenvalue weighted by Gasteiger charge is 2.34. The summed E-state index contributed by atoms with van der Waals surface area (Å²) in [4.78, 5) is 23.7. The Hall–Kier alpha value is -3.18. The van der Waals surface area contributed by atoms with Crippen LogP contribution < -0.4 is 10.1 Å². The van der Waals surface area contributed by atoms with Gasteiger partial charge < -0.3 is 15.2 Å². The molecule has 2 rings (SSSR count). The van der Waals surface area contributed by atoms with Crippen LogP contribution in [0.25, 0.3) is 0 Å². The number of halogens is 4. The largest absolute Gasteiger partial charge is 0.481 e. The summed E-state index contributed by atoms with van der Waals surface area (Å²) in [5, 5.41) is 11.5. The lowest BCUT2D eigenvalue weighted by atomic mass is 9.96. The van der Waals surface area contributed by atoms with E-state index in [9.17, 15) is 22.8 Å². The fraction of sp³-hybridized carbons (Fsp3) is 0.304. The summed E-state index contributed by atoms with van der Waals surface area (Å²) in [6.07, 6.45) is -4.77. The van der Waals surface area contributed by atoms with Crippen molar-refractivity contribution >= 4 is 29.2 Å². The molecule has 9 heteroatoms. The molecule has 32 heavy (non-hydrogen) atoms. The first-order valence-electron chi connectivity index (χ1n) is 9.44. The molecule has 1 amide bonds. The van der Waals surface area contributed by atoms with Crippen molar-refractivity contribution < 1.29 is 32.6 Å². The number of rotatable bonds is 7. The molecule has 170 valence electrons. The highest BCUT2D eigenvalue weighted by molar-refractivity contribution is 6.30. The summed E-state index contributed by atoms with van der Waals surface area (Å²) < 4.78 is 44.5. The second-order valence-electron chi connectivity index (χ2n) is 7.41. The Bertz CT molecular complexity index is 1050. The lowest BCUT2D eigenvalue weighted by Gasteiger charge is -2.26. The Balaban J connectivity index is 2.15. The molecule has 1 unspecified atom stereocenters. The minimum absolute atomic E-state index is 0.160. The van der Waals surface area contributed by atoms with E-state index in [1.54, 1.807) is 31.2 Å². The fourth-order valence-electron chi connectivity index (χ4n) is 2.81. The molecule has 0 aromatic heterocycles. The van der Waals surface area contributed by atoms with Gasteiger partial charge in [0.05, 0.1) is 17.9 Å². The van der Waals surface area contributed by atoms with E-state index in [4.69, 9.17) is 21.4 Å². The average Bonchev–Trinajstić information content (AvgIpc) is 2.66. The molecule has 2 aromatic rings. The molecular weight excluding hydrogens is 447 g/mol. The minimum atomic E-state index is -4.61. The van der Waals surface area contributed by atoms with Crippen molar-refractivity contribution in [2.45, 2.75) is 44.9 Å². The predicted octanol–water partition coefficient (Wildman–Crippen LogP) is 5.74. The summed E-state index contributed by atoms with van der Waals surface area (Å²) in [6, 6.07) is 9.18. The normalized spacial score (nSPS) is 12.3. The molecule has 5 nitrogen and oxygen atoms in total. The molecule has 0 aliphatic carbocycles. The zero-order valence-corrected chi connectivity index (χ0v) is 18.3. The second kappa shape index (κ2) is 9.96.